The van der Waals surface area contributed by atoms with Crippen LogP contribution in [0, 0.1) is 5.41 Å². The van der Waals surface area contributed by atoms with Crippen molar-refractivity contribution in [3.05, 3.63) is 35.9 Å². The van der Waals surface area contributed by atoms with Crippen molar-refractivity contribution < 1.29 is 4.79 Å². The Labute approximate surface area is 96.0 Å². The summed E-state index contributed by atoms with van der Waals surface area (Å²) in [4.78, 5) is 11.8. The van der Waals surface area contributed by atoms with Crippen molar-refractivity contribution >= 4 is 5.91 Å². The molecule has 1 amide bonds. The minimum Gasteiger partial charge on any atom is -0.351 e. The molecule has 1 aromatic carbocycles. The van der Waals surface area contributed by atoms with E-state index in [-0.39, 0.29) is 17.4 Å². The van der Waals surface area contributed by atoms with Gasteiger partial charge in [-0.25, -0.2) is 0 Å². The van der Waals surface area contributed by atoms with Gasteiger partial charge in [-0.2, -0.15) is 0 Å². The maximum absolute atomic E-state index is 11.8. The minimum absolute atomic E-state index is 0.0817. The number of nitrogens with two attached hydrogens (primary N) is 1. The van der Waals surface area contributed by atoms with Crippen molar-refractivity contribution in [1.82, 2.24) is 5.32 Å². The van der Waals surface area contributed by atoms with Gasteiger partial charge in [-0.1, -0.05) is 44.2 Å². The summed E-state index contributed by atoms with van der Waals surface area (Å²) in [6.45, 7) is 4.29. The van der Waals surface area contributed by atoms with Gasteiger partial charge in [0.25, 0.3) is 0 Å². The number of benzene rings is 1. The predicted molar refractivity (Wildman–Crippen MR) is 63.7 cm³/mol. The van der Waals surface area contributed by atoms with Crippen LogP contribution in [0.2, 0.25) is 0 Å². The zero-order valence-electron chi connectivity index (χ0n) is 9.73. The molecule has 0 heterocycles. The quantitative estimate of drug-likeness (QED) is 0.809. The molecule has 1 fully saturated rings. The van der Waals surface area contributed by atoms with Crippen LogP contribution in [0.3, 0.4) is 0 Å². The standard InChI is InChI=1S/C13H18N2O/c1-13(2)8-10(13)15-12(16)11(14)9-6-4-3-5-7-9/h3-7,10-11H,8,14H2,1-2H3,(H,15,16). The van der Waals surface area contributed by atoms with Crippen LogP contribution in [-0.2, 0) is 4.79 Å². The third-order valence-electron chi connectivity index (χ3n) is 3.27. The van der Waals surface area contributed by atoms with E-state index in [0.717, 1.165) is 12.0 Å². The highest BCUT2D eigenvalue weighted by molar-refractivity contribution is 5.83. The Balaban J connectivity index is 1.96. The summed E-state index contributed by atoms with van der Waals surface area (Å²) in [6, 6.07) is 9.18. The van der Waals surface area contributed by atoms with Gasteiger partial charge in [0, 0.05) is 6.04 Å². The number of nitrogens with one attached hydrogen (secondary N) is 1. The molecule has 0 saturated heterocycles. The molecule has 0 spiro atoms. The Morgan fingerprint density at radius 3 is 2.50 bits per heavy atom. The summed E-state index contributed by atoms with van der Waals surface area (Å²) < 4.78 is 0. The monoisotopic (exact) mass is 218 g/mol. The van der Waals surface area contributed by atoms with E-state index in [9.17, 15) is 4.79 Å². The number of carbonyl (C=O) groups is 1. The molecule has 1 aromatic rings. The van der Waals surface area contributed by atoms with Gasteiger partial charge >= 0.3 is 0 Å². The molecule has 1 aliphatic rings. The van der Waals surface area contributed by atoms with Crippen LogP contribution in [-0.4, -0.2) is 11.9 Å². The fraction of sp³-hybridized carbons (Fsp3) is 0.462. The van der Waals surface area contributed by atoms with E-state index in [2.05, 4.69) is 19.2 Å². The van der Waals surface area contributed by atoms with Gasteiger partial charge in [-0.3, -0.25) is 4.79 Å². The molecule has 3 heteroatoms. The molecule has 86 valence electrons. The van der Waals surface area contributed by atoms with E-state index in [1.807, 2.05) is 30.3 Å². The third-order valence-corrected chi connectivity index (χ3v) is 3.27. The molecule has 1 saturated carbocycles. The fourth-order valence-corrected chi connectivity index (χ4v) is 1.79. The average molecular weight is 218 g/mol. The summed E-state index contributed by atoms with van der Waals surface area (Å²) in [6.07, 6.45) is 1.04. The van der Waals surface area contributed by atoms with E-state index in [4.69, 9.17) is 5.73 Å². The molecular weight excluding hydrogens is 200 g/mol. The second kappa shape index (κ2) is 3.91. The maximum atomic E-state index is 11.8. The Morgan fingerprint density at radius 1 is 1.44 bits per heavy atom. The molecule has 0 radical (unpaired) electrons. The molecule has 2 rings (SSSR count). The van der Waals surface area contributed by atoms with Gasteiger partial charge in [0.2, 0.25) is 5.91 Å². The van der Waals surface area contributed by atoms with Crippen LogP contribution in [0.25, 0.3) is 0 Å². The first-order valence-electron chi connectivity index (χ1n) is 5.61. The maximum Gasteiger partial charge on any atom is 0.241 e. The number of hydrogen-bond donors (Lipinski definition) is 2. The number of rotatable bonds is 3. The molecular formula is C13H18N2O. The molecule has 3 nitrogen and oxygen atoms in total. The highest BCUT2D eigenvalue weighted by atomic mass is 16.2. The van der Waals surface area contributed by atoms with E-state index in [0.29, 0.717) is 0 Å². The van der Waals surface area contributed by atoms with Crippen molar-refractivity contribution in [2.24, 2.45) is 11.1 Å². The smallest absolute Gasteiger partial charge is 0.241 e. The second-order valence-corrected chi connectivity index (χ2v) is 5.14. The summed E-state index contributed by atoms with van der Waals surface area (Å²) >= 11 is 0. The van der Waals surface area contributed by atoms with Gasteiger partial charge in [0.15, 0.2) is 0 Å². The largest absolute Gasteiger partial charge is 0.351 e. The van der Waals surface area contributed by atoms with E-state index < -0.39 is 6.04 Å². The van der Waals surface area contributed by atoms with Crippen molar-refractivity contribution in [3.8, 4) is 0 Å². The minimum atomic E-state index is -0.558. The van der Waals surface area contributed by atoms with E-state index in [1.54, 1.807) is 0 Å². The van der Waals surface area contributed by atoms with Gasteiger partial charge in [-0.15, -0.1) is 0 Å². The van der Waals surface area contributed by atoms with Crippen molar-refractivity contribution in [3.63, 3.8) is 0 Å². The van der Waals surface area contributed by atoms with E-state index >= 15 is 0 Å². The lowest BCUT2D eigenvalue weighted by Gasteiger charge is -2.13. The van der Waals surface area contributed by atoms with Crippen LogP contribution >= 0.6 is 0 Å². The molecule has 2 atom stereocenters. The SMILES string of the molecule is CC1(C)CC1NC(=O)C(N)c1ccccc1. The molecule has 0 bridgehead atoms. The highest BCUT2D eigenvalue weighted by Gasteiger charge is 2.46. The first-order valence-corrected chi connectivity index (χ1v) is 5.61. The first-order chi connectivity index (χ1) is 7.50. The third kappa shape index (κ3) is 2.25. The lowest BCUT2D eigenvalue weighted by molar-refractivity contribution is -0.122. The zero-order valence-corrected chi connectivity index (χ0v) is 9.73. The normalized spacial score (nSPS) is 23.6. The number of hydrogen-bond acceptors (Lipinski definition) is 2. The molecule has 16 heavy (non-hydrogen) atoms. The van der Waals surface area contributed by atoms with Crippen molar-refractivity contribution in [2.45, 2.75) is 32.4 Å². The highest BCUT2D eigenvalue weighted by Crippen LogP contribution is 2.44. The summed E-state index contributed by atoms with van der Waals surface area (Å²) in [7, 11) is 0. The van der Waals surface area contributed by atoms with Crippen LogP contribution < -0.4 is 11.1 Å². The van der Waals surface area contributed by atoms with Crippen LogP contribution in [0.5, 0.6) is 0 Å². The van der Waals surface area contributed by atoms with Gasteiger partial charge in [-0.05, 0) is 17.4 Å². The molecule has 3 N–H and O–H groups in total. The lowest BCUT2D eigenvalue weighted by atomic mass is 10.1. The molecule has 2 unspecified atom stereocenters. The molecule has 0 aliphatic heterocycles. The van der Waals surface area contributed by atoms with Crippen LogP contribution in [0.4, 0.5) is 0 Å². The Kier molecular flexibility index (Phi) is 2.72. The number of carbonyl (C=O) groups excluding carboxylic acids is 1. The average Bonchev–Trinajstić information content (AvgIpc) is 2.86. The Hall–Kier alpha value is -1.35. The van der Waals surface area contributed by atoms with Crippen molar-refractivity contribution in [1.29, 1.82) is 0 Å². The summed E-state index contributed by atoms with van der Waals surface area (Å²) in [5, 5.41) is 2.98. The van der Waals surface area contributed by atoms with Crippen LogP contribution in [0.15, 0.2) is 30.3 Å². The Bertz CT molecular complexity index is 386. The molecule has 1 aliphatic carbocycles. The fourth-order valence-electron chi connectivity index (χ4n) is 1.79. The van der Waals surface area contributed by atoms with E-state index in [1.165, 1.54) is 0 Å². The molecule has 0 aromatic heterocycles. The first kappa shape index (κ1) is 11.1. The van der Waals surface area contributed by atoms with Gasteiger partial charge < -0.3 is 11.1 Å². The zero-order chi connectivity index (χ0) is 11.8. The van der Waals surface area contributed by atoms with Gasteiger partial charge in [0.1, 0.15) is 6.04 Å². The van der Waals surface area contributed by atoms with Gasteiger partial charge in [0.05, 0.1) is 0 Å². The lowest BCUT2D eigenvalue weighted by Crippen LogP contribution is -2.36. The topological polar surface area (TPSA) is 55.1 Å². The summed E-state index contributed by atoms with van der Waals surface area (Å²) in [5.41, 5.74) is 6.99. The summed E-state index contributed by atoms with van der Waals surface area (Å²) in [5.74, 6) is -0.0817. The second-order valence-electron chi connectivity index (χ2n) is 5.14. The number of amides is 1. The Morgan fingerprint density at radius 2 is 2.00 bits per heavy atom. The van der Waals surface area contributed by atoms with Crippen LogP contribution in [0.1, 0.15) is 31.9 Å². The predicted octanol–water partition coefficient (Wildman–Crippen LogP) is 1.60. The van der Waals surface area contributed by atoms with Crippen molar-refractivity contribution in [2.75, 3.05) is 0 Å².